The number of nitrogens with zero attached hydrogens (tertiary/aromatic N) is 1. The molecule has 0 aromatic carbocycles. The van der Waals surface area contributed by atoms with Crippen LogP contribution >= 0.6 is 0 Å². The van der Waals surface area contributed by atoms with Crippen LogP contribution in [-0.2, 0) is 24.4 Å². The summed E-state index contributed by atoms with van der Waals surface area (Å²) in [5, 5.41) is -5.02. The second kappa shape index (κ2) is 6.56. The lowest BCUT2D eigenvalue weighted by molar-refractivity contribution is -0.169. The van der Waals surface area contributed by atoms with E-state index in [0.29, 0.717) is 0 Å². The molecule has 1 aliphatic rings. The molecule has 1 fully saturated rings. The van der Waals surface area contributed by atoms with E-state index in [-0.39, 0.29) is 25.9 Å². The Hall–Kier alpha value is -1.49. The number of halogens is 2. The molecule has 0 bridgehead atoms. The number of piperidine rings is 1. The maximum absolute atomic E-state index is 13.1. The minimum Gasteiger partial charge on any atom is -0.457 e. The van der Waals surface area contributed by atoms with Gasteiger partial charge in [0.2, 0.25) is 0 Å². The van der Waals surface area contributed by atoms with Gasteiger partial charge in [-0.25, -0.2) is 9.59 Å². The number of rotatable bonds is 3. The van der Waals surface area contributed by atoms with Crippen molar-refractivity contribution in [3.8, 4) is 0 Å². The summed E-state index contributed by atoms with van der Waals surface area (Å²) in [5.74, 6) is -2.34. The Bertz CT molecular complexity index is 562. The molecule has 1 rings (SSSR count). The van der Waals surface area contributed by atoms with E-state index >= 15 is 0 Å². The molecule has 134 valence electrons. The molecular weight excluding hydrogens is 340 g/mol. The molecule has 0 atom stereocenters. The number of alkyl halides is 2. The fourth-order valence-corrected chi connectivity index (χ4v) is 2.07. The van der Waals surface area contributed by atoms with E-state index in [4.69, 9.17) is 9.29 Å². The number of likely N-dealkylation sites (tertiary alicyclic amines) is 1. The molecule has 0 aliphatic carbocycles. The van der Waals surface area contributed by atoms with Crippen molar-refractivity contribution < 1.29 is 40.8 Å². The van der Waals surface area contributed by atoms with Gasteiger partial charge < -0.3 is 14.4 Å². The van der Waals surface area contributed by atoms with Crippen LogP contribution in [0.1, 0.15) is 33.6 Å². The summed E-state index contributed by atoms with van der Waals surface area (Å²) in [7, 11) is -5.89. The van der Waals surface area contributed by atoms with E-state index in [2.05, 4.69) is 4.74 Å². The van der Waals surface area contributed by atoms with Gasteiger partial charge in [-0.15, -0.1) is 0 Å². The van der Waals surface area contributed by atoms with Gasteiger partial charge in [-0.2, -0.15) is 17.2 Å². The quantitative estimate of drug-likeness (QED) is 0.599. The fourth-order valence-electron chi connectivity index (χ4n) is 1.81. The van der Waals surface area contributed by atoms with Crippen LogP contribution in [0.4, 0.5) is 13.6 Å². The molecule has 1 saturated heterocycles. The second-order valence-electron chi connectivity index (χ2n) is 6.06. The third-order valence-electron chi connectivity index (χ3n) is 2.93. The Labute approximate surface area is 132 Å². The van der Waals surface area contributed by atoms with Gasteiger partial charge in [0.1, 0.15) is 11.7 Å². The van der Waals surface area contributed by atoms with Gasteiger partial charge in [0.05, 0.1) is 0 Å². The minimum atomic E-state index is -5.89. The van der Waals surface area contributed by atoms with Crippen molar-refractivity contribution in [1.82, 2.24) is 4.90 Å². The van der Waals surface area contributed by atoms with Gasteiger partial charge in [-0.3, -0.25) is 4.55 Å². The molecule has 8 nitrogen and oxygen atoms in total. The van der Waals surface area contributed by atoms with Crippen LogP contribution < -0.4 is 0 Å². The number of esters is 1. The molecule has 0 aromatic heterocycles. The van der Waals surface area contributed by atoms with Crippen molar-refractivity contribution in [3.05, 3.63) is 0 Å². The first-order chi connectivity index (χ1) is 10.2. The van der Waals surface area contributed by atoms with Crippen molar-refractivity contribution in [2.75, 3.05) is 13.1 Å². The number of amides is 1. The topological polar surface area (TPSA) is 110 Å². The summed E-state index contributed by atoms with van der Waals surface area (Å²) in [6.45, 7) is 5.28. The van der Waals surface area contributed by atoms with Crippen LogP contribution in [0.15, 0.2) is 0 Å². The normalized spacial score (nSPS) is 17.7. The van der Waals surface area contributed by atoms with E-state index in [1.165, 1.54) is 4.90 Å². The summed E-state index contributed by atoms with van der Waals surface area (Å²) in [4.78, 5) is 24.3. The van der Waals surface area contributed by atoms with Crippen LogP contribution in [0.3, 0.4) is 0 Å². The fraction of sp³-hybridized carbons (Fsp3) is 0.833. The maximum Gasteiger partial charge on any atom is 0.465 e. The van der Waals surface area contributed by atoms with Crippen LogP contribution in [0.25, 0.3) is 0 Å². The molecule has 0 saturated carbocycles. The summed E-state index contributed by atoms with van der Waals surface area (Å²) in [6.07, 6.45) is -1.46. The number of hydrogen-bond acceptors (Lipinski definition) is 6. The van der Waals surface area contributed by atoms with Gasteiger partial charge in [0, 0.05) is 25.9 Å². The van der Waals surface area contributed by atoms with Gasteiger partial charge in [-0.1, -0.05) is 0 Å². The molecule has 1 N–H and O–H groups in total. The lowest BCUT2D eigenvalue weighted by atomic mass is 10.1. The Kier molecular flexibility index (Phi) is 5.57. The highest BCUT2D eigenvalue weighted by Gasteiger charge is 2.54. The number of carbonyl (C=O) groups is 2. The van der Waals surface area contributed by atoms with E-state index in [1.54, 1.807) is 20.8 Å². The van der Waals surface area contributed by atoms with Crippen molar-refractivity contribution >= 4 is 22.2 Å². The molecular formula is C12H19F2NO7S. The lowest BCUT2D eigenvalue weighted by Crippen LogP contribution is -2.46. The van der Waals surface area contributed by atoms with Gasteiger partial charge in [-0.05, 0) is 20.8 Å². The highest BCUT2D eigenvalue weighted by atomic mass is 32.2. The molecule has 1 heterocycles. The SMILES string of the molecule is CC(C)(C)OC(=O)N1CCC(OC(=O)C(F)(F)S(=O)(=O)O)CC1. The molecule has 0 radical (unpaired) electrons. The predicted octanol–water partition coefficient (Wildman–Crippen LogP) is 1.41. The first-order valence-corrected chi connectivity index (χ1v) is 8.22. The molecule has 1 amide bonds. The molecule has 0 aromatic rings. The molecule has 1 aliphatic heterocycles. The van der Waals surface area contributed by atoms with Gasteiger partial charge >= 0.3 is 27.4 Å². The zero-order valence-electron chi connectivity index (χ0n) is 12.9. The Balaban J connectivity index is 2.55. The highest BCUT2D eigenvalue weighted by Crippen LogP contribution is 2.25. The molecule has 11 heteroatoms. The smallest absolute Gasteiger partial charge is 0.457 e. The van der Waals surface area contributed by atoms with Crippen molar-refractivity contribution in [3.63, 3.8) is 0 Å². The van der Waals surface area contributed by atoms with Gasteiger partial charge in [0.15, 0.2) is 0 Å². The van der Waals surface area contributed by atoms with E-state index < -0.39 is 39.1 Å². The summed E-state index contributed by atoms with van der Waals surface area (Å²) in [6, 6.07) is 0. The Morgan fingerprint density at radius 1 is 1.17 bits per heavy atom. The zero-order chi connectivity index (χ0) is 18.1. The van der Waals surface area contributed by atoms with Crippen LogP contribution in [-0.4, -0.2) is 60.0 Å². The largest absolute Gasteiger partial charge is 0.465 e. The lowest BCUT2D eigenvalue weighted by Gasteiger charge is -2.33. The third-order valence-corrected chi connectivity index (χ3v) is 3.74. The first-order valence-electron chi connectivity index (χ1n) is 6.78. The predicted molar refractivity (Wildman–Crippen MR) is 73.4 cm³/mol. The Morgan fingerprint density at radius 2 is 1.65 bits per heavy atom. The Morgan fingerprint density at radius 3 is 2.04 bits per heavy atom. The maximum atomic E-state index is 13.1. The minimum absolute atomic E-state index is 0.0482. The summed E-state index contributed by atoms with van der Waals surface area (Å²) in [5.41, 5.74) is -0.683. The average molecular weight is 359 g/mol. The van der Waals surface area contributed by atoms with E-state index in [1.807, 2.05) is 0 Å². The van der Waals surface area contributed by atoms with E-state index in [0.717, 1.165) is 0 Å². The summed E-state index contributed by atoms with van der Waals surface area (Å²) >= 11 is 0. The first kappa shape index (κ1) is 19.6. The molecule has 0 unspecified atom stereocenters. The second-order valence-corrected chi connectivity index (χ2v) is 7.53. The van der Waals surface area contributed by atoms with Crippen molar-refractivity contribution in [2.24, 2.45) is 0 Å². The molecule has 23 heavy (non-hydrogen) atoms. The average Bonchev–Trinajstić information content (AvgIpc) is 2.36. The molecule has 0 spiro atoms. The monoisotopic (exact) mass is 359 g/mol. The standard InChI is InChI=1S/C12H19F2NO7S/c1-11(2,3)22-10(17)15-6-4-8(5-7-15)21-9(16)12(13,14)23(18,19)20/h8H,4-7H2,1-3H3,(H,18,19,20). The van der Waals surface area contributed by atoms with Gasteiger partial charge in [0.25, 0.3) is 0 Å². The summed E-state index contributed by atoms with van der Waals surface area (Å²) < 4.78 is 64.9. The number of ether oxygens (including phenoxy) is 2. The van der Waals surface area contributed by atoms with Crippen LogP contribution in [0, 0.1) is 0 Å². The number of hydrogen-bond donors (Lipinski definition) is 1. The third kappa shape index (κ3) is 5.27. The highest BCUT2D eigenvalue weighted by molar-refractivity contribution is 7.87. The van der Waals surface area contributed by atoms with Crippen LogP contribution in [0.5, 0.6) is 0 Å². The van der Waals surface area contributed by atoms with Crippen molar-refractivity contribution in [2.45, 2.75) is 50.6 Å². The number of carbonyl (C=O) groups excluding carboxylic acids is 2. The van der Waals surface area contributed by atoms with Crippen molar-refractivity contribution in [1.29, 1.82) is 0 Å². The zero-order valence-corrected chi connectivity index (χ0v) is 13.7. The van der Waals surface area contributed by atoms with E-state index in [9.17, 15) is 26.8 Å². The van der Waals surface area contributed by atoms with Crippen LogP contribution in [0.2, 0.25) is 0 Å².